The Bertz CT molecular complexity index is 592. The lowest BCUT2D eigenvalue weighted by Gasteiger charge is -2.09. The van der Waals surface area contributed by atoms with Crippen molar-refractivity contribution in [2.75, 3.05) is 0 Å². The van der Waals surface area contributed by atoms with Crippen LogP contribution in [0, 0.1) is 0 Å². The Hall–Kier alpha value is -1.82. The molecule has 2 rings (SSSR count). The molecule has 0 saturated heterocycles. The first-order valence-corrected chi connectivity index (χ1v) is 6.26. The van der Waals surface area contributed by atoms with E-state index in [1.807, 2.05) is 22.9 Å². The molecule has 5 nitrogen and oxygen atoms in total. The van der Waals surface area contributed by atoms with E-state index in [1.165, 1.54) is 0 Å². The van der Waals surface area contributed by atoms with E-state index in [0.717, 1.165) is 22.4 Å². The van der Waals surface area contributed by atoms with Gasteiger partial charge in [-0.05, 0) is 34.1 Å². The predicted molar refractivity (Wildman–Crippen MR) is 73.2 cm³/mol. The third-order valence-corrected chi connectivity index (χ3v) is 3.30. The summed E-state index contributed by atoms with van der Waals surface area (Å²) in [5, 5.41) is 11.7. The van der Waals surface area contributed by atoms with Gasteiger partial charge in [-0.15, -0.1) is 0 Å². The molecular weight excluding hydrogens is 296 g/mol. The molecule has 1 aromatic heterocycles. The number of benzene rings is 1. The molecule has 18 heavy (non-hydrogen) atoms. The number of imidazole rings is 1. The van der Waals surface area contributed by atoms with E-state index < -0.39 is 0 Å². The molecule has 6 heteroatoms. The lowest BCUT2D eigenvalue weighted by molar-refractivity contribution is 0.318. The fourth-order valence-corrected chi connectivity index (χ4v) is 2.32. The third kappa shape index (κ3) is 2.24. The zero-order valence-electron chi connectivity index (χ0n) is 9.84. The smallest absolute Gasteiger partial charge is 0.171 e. The Balaban J connectivity index is 2.47. The molecule has 0 bridgehead atoms. The van der Waals surface area contributed by atoms with E-state index in [0.29, 0.717) is 5.56 Å². The maximum absolute atomic E-state index is 8.68. The predicted octanol–water partition coefficient (Wildman–Crippen LogP) is 2.29. The van der Waals surface area contributed by atoms with Gasteiger partial charge in [0.1, 0.15) is 5.82 Å². The number of halogens is 1. The van der Waals surface area contributed by atoms with Gasteiger partial charge in [0.25, 0.3) is 0 Å². The quantitative estimate of drug-likeness (QED) is 0.395. The lowest BCUT2D eigenvalue weighted by Crippen LogP contribution is -2.14. The fraction of sp³-hybridized carbons (Fsp3) is 0.167. The van der Waals surface area contributed by atoms with E-state index in [4.69, 9.17) is 10.9 Å². The molecule has 0 spiro atoms. The molecule has 0 radical (unpaired) electrons. The highest BCUT2D eigenvalue weighted by atomic mass is 79.9. The monoisotopic (exact) mass is 308 g/mol. The normalized spacial score (nSPS) is 11.8. The molecule has 0 aliphatic heterocycles. The number of aryl methyl sites for hydroxylation is 1. The molecule has 1 aromatic carbocycles. The van der Waals surface area contributed by atoms with E-state index in [-0.39, 0.29) is 5.84 Å². The minimum absolute atomic E-state index is 0.0785. The van der Waals surface area contributed by atoms with Gasteiger partial charge in [-0.1, -0.05) is 12.1 Å². The topological polar surface area (TPSA) is 76.4 Å². The minimum Gasteiger partial charge on any atom is -0.409 e. The highest BCUT2D eigenvalue weighted by Crippen LogP contribution is 2.21. The standard InChI is InChI=1S/C12H13BrN4O/c1-2-11-15-5-6-17(11)8-3-4-9(10(13)7-8)12(14)16-18/h3-7,18H,2H2,1H3,(H2,14,16). The number of oxime groups is 1. The largest absolute Gasteiger partial charge is 0.409 e. The number of hydrogen-bond donors (Lipinski definition) is 2. The number of nitrogens with two attached hydrogens (primary N) is 1. The van der Waals surface area contributed by atoms with Gasteiger partial charge in [-0.25, -0.2) is 4.98 Å². The van der Waals surface area contributed by atoms with Crippen molar-refractivity contribution in [3.05, 3.63) is 46.5 Å². The van der Waals surface area contributed by atoms with Gasteiger partial charge in [-0.2, -0.15) is 0 Å². The van der Waals surface area contributed by atoms with Crippen molar-refractivity contribution in [1.29, 1.82) is 0 Å². The van der Waals surface area contributed by atoms with Crippen LogP contribution < -0.4 is 5.73 Å². The molecule has 94 valence electrons. The lowest BCUT2D eigenvalue weighted by atomic mass is 10.2. The zero-order chi connectivity index (χ0) is 13.1. The fourth-order valence-electron chi connectivity index (χ4n) is 1.75. The molecule has 0 unspecified atom stereocenters. The molecule has 0 fully saturated rings. The summed E-state index contributed by atoms with van der Waals surface area (Å²) in [5.74, 6) is 1.06. The first kappa shape index (κ1) is 12.6. The third-order valence-electron chi connectivity index (χ3n) is 2.65. The molecule has 0 atom stereocenters. The van der Waals surface area contributed by atoms with Crippen LogP contribution >= 0.6 is 15.9 Å². The summed E-state index contributed by atoms with van der Waals surface area (Å²) in [5.41, 5.74) is 7.20. The Morgan fingerprint density at radius 1 is 1.56 bits per heavy atom. The van der Waals surface area contributed by atoms with Crippen LogP contribution in [0.25, 0.3) is 5.69 Å². The molecule has 0 amide bonds. The van der Waals surface area contributed by atoms with Crippen molar-refractivity contribution in [2.45, 2.75) is 13.3 Å². The molecule has 1 heterocycles. The van der Waals surface area contributed by atoms with Gasteiger partial charge in [0.2, 0.25) is 0 Å². The van der Waals surface area contributed by atoms with E-state index in [2.05, 4.69) is 33.0 Å². The van der Waals surface area contributed by atoms with Gasteiger partial charge in [0, 0.05) is 34.5 Å². The van der Waals surface area contributed by atoms with Crippen molar-refractivity contribution in [3.63, 3.8) is 0 Å². The van der Waals surface area contributed by atoms with Crippen molar-refractivity contribution < 1.29 is 5.21 Å². The van der Waals surface area contributed by atoms with Gasteiger partial charge in [0.05, 0.1) is 0 Å². The number of aromatic nitrogens is 2. The number of rotatable bonds is 3. The summed E-state index contributed by atoms with van der Waals surface area (Å²) < 4.78 is 2.77. The van der Waals surface area contributed by atoms with Crippen LogP contribution in [0.3, 0.4) is 0 Å². The maximum Gasteiger partial charge on any atom is 0.171 e. The average molecular weight is 309 g/mol. The number of hydrogen-bond acceptors (Lipinski definition) is 3. The number of nitrogens with zero attached hydrogens (tertiary/aromatic N) is 3. The van der Waals surface area contributed by atoms with Crippen molar-refractivity contribution in [1.82, 2.24) is 9.55 Å². The maximum atomic E-state index is 8.68. The van der Waals surface area contributed by atoms with Crippen molar-refractivity contribution >= 4 is 21.8 Å². The Morgan fingerprint density at radius 2 is 2.33 bits per heavy atom. The molecule has 0 saturated carbocycles. The first-order valence-electron chi connectivity index (χ1n) is 5.47. The van der Waals surface area contributed by atoms with Crippen LogP contribution in [0.4, 0.5) is 0 Å². The average Bonchev–Trinajstić information content (AvgIpc) is 2.86. The summed E-state index contributed by atoms with van der Waals surface area (Å²) in [4.78, 5) is 4.27. The summed E-state index contributed by atoms with van der Waals surface area (Å²) in [6.45, 7) is 2.05. The second kappa shape index (κ2) is 5.22. The van der Waals surface area contributed by atoms with Crippen LogP contribution in [-0.4, -0.2) is 20.6 Å². The van der Waals surface area contributed by atoms with Crippen molar-refractivity contribution in [3.8, 4) is 5.69 Å². The summed E-state index contributed by atoms with van der Waals surface area (Å²) in [6.07, 6.45) is 4.53. The molecular formula is C12H13BrN4O. The van der Waals surface area contributed by atoms with Crippen LogP contribution in [0.1, 0.15) is 18.3 Å². The van der Waals surface area contributed by atoms with Gasteiger partial charge in [-0.3, -0.25) is 0 Å². The molecule has 2 aromatic rings. The van der Waals surface area contributed by atoms with Gasteiger partial charge < -0.3 is 15.5 Å². The second-order valence-electron chi connectivity index (χ2n) is 3.72. The SMILES string of the molecule is CCc1nccn1-c1ccc(/C(N)=N/O)c(Br)c1. The summed E-state index contributed by atoms with van der Waals surface area (Å²) in [7, 11) is 0. The second-order valence-corrected chi connectivity index (χ2v) is 4.57. The van der Waals surface area contributed by atoms with Crippen molar-refractivity contribution in [2.24, 2.45) is 10.9 Å². The first-order chi connectivity index (χ1) is 8.67. The highest BCUT2D eigenvalue weighted by molar-refractivity contribution is 9.10. The Morgan fingerprint density at radius 3 is 2.94 bits per heavy atom. The molecule has 0 aliphatic rings. The zero-order valence-corrected chi connectivity index (χ0v) is 11.4. The van der Waals surface area contributed by atoms with E-state index in [9.17, 15) is 0 Å². The van der Waals surface area contributed by atoms with Crippen LogP contribution in [0.5, 0.6) is 0 Å². The van der Waals surface area contributed by atoms with E-state index >= 15 is 0 Å². The molecule has 3 N–H and O–H groups in total. The minimum atomic E-state index is 0.0785. The van der Waals surface area contributed by atoms with Crippen LogP contribution in [0.2, 0.25) is 0 Å². The molecule has 0 aliphatic carbocycles. The summed E-state index contributed by atoms with van der Waals surface area (Å²) in [6, 6.07) is 5.61. The Labute approximate surface area is 113 Å². The van der Waals surface area contributed by atoms with Gasteiger partial charge in [0.15, 0.2) is 5.84 Å². The summed E-state index contributed by atoms with van der Waals surface area (Å²) >= 11 is 3.41. The Kier molecular flexibility index (Phi) is 3.66. The number of amidine groups is 1. The highest BCUT2D eigenvalue weighted by Gasteiger charge is 2.08. The van der Waals surface area contributed by atoms with Gasteiger partial charge >= 0.3 is 0 Å². The van der Waals surface area contributed by atoms with Crippen LogP contribution in [-0.2, 0) is 6.42 Å². The van der Waals surface area contributed by atoms with E-state index in [1.54, 1.807) is 12.3 Å². The van der Waals surface area contributed by atoms with Crippen LogP contribution in [0.15, 0.2) is 40.2 Å².